The lowest BCUT2D eigenvalue weighted by molar-refractivity contribution is -0.0279. The van der Waals surface area contributed by atoms with E-state index in [0.29, 0.717) is 18.0 Å². The van der Waals surface area contributed by atoms with Crippen LogP contribution in [0.3, 0.4) is 0 Å². The molecule has 2 rings (SSSR count). The first-order chi connectivity index (χ1) is 8.59. The molecule has 1 aliphatic rings. The molecule has 1 unspecified atom stereocenters. The second-order valence-electron chi connectivity index (χ2n) is 4.94. The molecule has 1 N–H and O–H groups in total. The van der Waals surface area contributed by atoms with Gasteiger partial charge >= 0.3 is 0 Å². The molecule has 1 heterocycles. The molecule has 0 spiro atoms. The predicted molar refractivity (Wildman–Crippen MR) is 70.2 cm³/mol. The van der Waals surface area contributed by atoms with Crippen LogP contribution in [0.25, 0.3) is 0 Å². The lowest BCUT2D eigenvalue weighted by Crippen LogP contribution is -2.44. The number of β-amino-alcohol motifs (C(OH)–C–C–N with tert-alkyl or cyclic N) is 1. The second kappa shape index (κ2) is 5.16. The number of rotatable bonds is 3. The van der Waals surface area contributed by atoms with E-state index >= 15 is 0 Å². The molecule has 1 fully saturated rings. The molecule has 1 atom stereocenters. The van der Waals surface area contributed by atoms with Crippen LogP contribution in [-0.4, -0.2) is 44.4 Å². The third-order valence-corrected chi connectivity index (χ3v) is 3.58. The summed E-state index contributed by atoms with van der Waals surface area (Å²) >= 11 is 0. The summed E-state index contributed by atoms with van der Waals surface area (Å²) in [6, 6.07) is 5.64. The Kier molecular flexibility index (Phi) is 3.78. The largest absolute Gasteiger partial charge is 0.493 e. The molecule has 0 aliphatic carbocycles. The van der Waals surface area contributed by atoms with Gasteiger partial charge in [-0.05, 0) is 44.1 Å². The summed E-state index contributed by atoms with van der Waals surface area (Å²) in [5.74, 6) is 1.35. The van der Waals surface area contributed by atoms with Gasteiger partial charge in [0.2, 0.25) is 0 Å². The molecule has 0 radical (unpaired) electrons. The smallest absolute Gasteiger partial charge is 0.161 e. The Morgan fingerprint density at radius 3 is 2.56 bits per heavy atom. The summed E-state index contributed by atoms with van der Waals surface area (Å²) in [6.45, 7) is 1.69. The van der Waals surface area contributed by atoms with Crippen LogP contribution >= 0.6 is 0 Å². The number of nitrogens with zero attached hydrogens (tertiary/aromatic N) is 1. The average Bonchev–Trinajstić information content (AvgIpc) is 2.37. The Morgan fingerprint density at radius 2 is 1.94 bits per heavy atom. The lowest BCUT2D eigenvalue weighted by atomic mass is 9.86. The maximum atomic E-state index is 10.8. The fourth-order valence-electron chi connectivity index (χ4n) is 2.61. The van der Waals surface area contributed by atoms with Gasteiger partial charge in [0.15, 0.2) is 11.5 Å². The zero-order valence-electron chi connectivity index (χ0n) is 11.3. The van der Waals surface area contributed by atoms with Gasteiger partial charge in [-0.3, -0.25) is 0 Å². The molecule has 1 saturated heterocycles. The average molecular weight is 251 g/mol. The number of methoxy groups -OCH3 is 2. The van der Waals surface area contributed by atoms with E-state index in [2.05, 4.69) is 4.90 Å². The van der Waals surface area contributed by atoms with E-state index in [0.717, 1.165) is 24.9 Å². The number of benzene rings is 1. The fraction of sp³-hybridized carbons (Fsp3) is 0.571. The normalized spacial score (nSPS) is 24.9. The highest BCUT2D eigenvalue weighted by molar-refractivity contribution is 5.44. The molecule has 18 heavy (non-hydrogen) atoms. The van der Waals surface area contributed by atoms with Crippen molar-refractivity contribution in [3.05, 3.63) is 23.8 Å². The number of ether oxygens (including phenoxy) is 2. The molecule has 0 aromatic heterocycles. The maximum Gasteiger partial charge on any atom is 0.161 e. The zero-order valence-corrected chi connectivity index (χ0v) is 11.3. The maximum absolute atomic E-state index is 10.8. The second-order valence-corrected chi connectivity index (χ2v) is 4.94. The third-order valence-electron chi connectivity index (χ3n) is 3.58. The Morgan fingerprint density at radius 1 is 1.22 bits per heavy atom. The first-order valence-electron chi connectivity index (χ1n) is 6.22. The molecule has 1 aromatic rings. The summed E-state index contributed by atoms with van der Waals surface area (Å²) < 4.78 is 10.5. The van der Waals surface area contributed by atoms with E-state index in [4.69, 9.17) is 9.47 Å². The van der Waals surface area contributed by atoms with Crippen molar-refractivity contribution in [2.45, 2.75) is 18.4 Å². The molecule has 1 aromatic carbocycles. The number of likely N-dealkylation sites (tertiary alicyclic amines) is 1. The van der Waals surface area contributed by atoms with Crippen LogP contribution in [0.15, 0.2) is 18.2 Å². The van der Waals surface area contributed by atoms with Gasteiger partial charge in [-0.1, -0.05) is 6.07 Å². The highest BCUT2D eigenvalue weighted by atomic mass is 16.5. The number of likely N-dealkylation sites (N-methyl/N-ethyl adjacent to an activating group) is 1. The van der Waals surface area contributed by atoms with Gasteiger partial charge in [0.25, 0.3) is 0 Å². The molecule has 100 valence electrons. The van der Waals surface area contributed by atoms with Crippen molar-refractivity contribution >= 4 is 0 Å². The van der Waals surface area contributed by atoms with E-state index < -0.39 is 5.60 Å². The minimum atomic E-state index is -0.785. The Labute approximate surface area is 108 Å². The molecule has 4 nitrogen and oxygen atoms in total. The van der Waals surface area contributed by atoms with E-state index in [1.807, 2.05) is 25.2 Å². The minimum absolute atomic E-state index is 0.655. The molecule has 1 aliphatic heterocycles. The zero-order chi connectivity index (χ0) is 13.2. The highest BCUT2D eigenvalue weighted by Crippen LogP contribution is 2.36. The summed E-state index contributed by atoms with van der Waals surface area (Å²) in [7, 11) is 5.25. The predicted octanol–water partition coefficient (Wildman–Crippen LogP) is 1.62. The quantitative estimate of drug-likeness (QED) is 0.886. The lowest BCUT2D eigenvalue weighted by Gasteiger charge is -2.38. The topological polar surface area (TPSA) is 41.9 Å². The molecule has 0 amide bonds. The van der Waals surface area contributed by atoms with Gasteiger partial charge in [0, 0.05) is 6.54 Å². The van der Waals surface area contributed by atoms with Gasteiger partial charge in [0.1, 0.15) is 5.60 Å². The van der Waals surface area contributed by atoms with Crippen molar-refractivity contribution in [1.29, 1.82) is 0 Å². The first kappa shape index (κ1) is 13.2. The van der Waals surface area contributed by atoms with Crippen LogP contribution < -0.4 is 9.47 Å². The van der Waals surface area contributed by atoms with E-state index in [1.165, 1.54) is 0 Å². The molecular weight excluding hydrogens is 230 g/mol. The number of aliphatic hydroxyl groups is 1. The highest BCUT2D eigenvalue weighted by Gasteiger charge is 2.34. The van der Waals surface area contributed by atoms with Crippen molar-refractivity contribution in [2.24, 2.45) is 0 Å². The van der Waals surface area contributed by atoms with Gasteiger partial charge in [-0.15, -0.1) is 0 Å². The summed E-state index contributed by atoms with van der Waals surface area (Å²) in [6.07, 6.45) is 1.79. The SMILES string of the molecule is COc1ccc(C2(O)CCCN(C)C2)cc1OC. The molecule has 0 saturated carbocycles. The summed E-state index contributed by atoms with van der Waals surface area (Å²) in [5, 5.41) is 10.8. The molecular formula is C14H21NO3. The van der Waals surface area contributed by atoms with Crippen molar-refractivity contribution in [3.8, 4) is 11.5 Å². The molecule has 0 bridgehead atoms. The van der Waals surface area contributed by atoms with Gasteiger partial charge in [-0.25, -0.2) is 0 Å². The van der Waals surface area contributed by atoms with Crippen LogP contribution in [-0.2, 0) is 5.60 Å². The van der Waals surface area contributed by atoms with Crippen LogP contribution in [0.1, 0.15) is 18.4 Å². The van der Waals surface area contributed by atoms with Gasteiger partial charge in [-0.2, -0.15) is 0 Å². The van der Waals surface area contributed by atoms with Crippen LogP contribution in [0.2, 0.25) is 0 Å². The third kappa shape index (κ3) is 2.44. The van der Waals surface area contributed by atoms with Crippen LogP contribution in [0.5, 0.6) is 11.5 Å². The fourth-order valence-corrected chi connectivity index (χ4v) is 2.61. The summed E-state index contributed by atoms with van der Waals surface area (Å²) in [5.41, 5.74) is 0.110. The number of hydrogen-bond donors (Lipinski definition) is 1. The number of hydrogen-bond acceptors (Lipinski definition) is 4. The minimum Gasteiger partial charge on any atom is -0.493 e. The van der Waals surface area contributed by atoms with Crippen molar-refractivity contribution in [2.75, 3.05) is 34.4 Å². The first-order valence-corrected chi connectivity index (χ1v) is 6.22. The Balaban J connectivity index is 2.32. The van der Waals surface area contributed by atoms with E-state index in [9.17, 15) is 5.11 Å². The Bertz CT molecular complexity index is 422. The summed E-state index contributed by atoms with van der Waals surface area (Å²) in [4.78, 5) is 2.15. The van der Waals surface area contributed by atoms with Crippen LogP contribution in [0.4, 0.5) is 0 Å². The van der Waals surface area contributed by atoms with E-state index in [-0.39, 0.29) is 0 Å². The number of piperidine rings is 1. The van der Waals surface area contributed by atoms with Crippen molar-refractivity contribution in [1.82, 2.24) is 4.90 Å². The van der Waals surface area contributed by atoms with Crippen LogP contribution in [0, 0.1) is 0 Å². The standard InChI is InChI=1S/C14H21NO3/c1-15-8-4-7-14(16,10-15)11-5-6-12(17-2)13(9-11)18-3/h5-6,9,16H,4,7-8,10H2,1-3H3. The van der Waals surface area contributed by atoms with Crippen molar-refractivity contribution in [3.63, 3.8) is 0 Å². The van der Waals surface area contributed by atoms with Gasteiger partial charge in [0.05, 0.1) is 14.2 Å². The Hall–Kier alpha value is -1.26. The monoisotopic (exact) mass is 251 g/mol. The molecule has 4 heteroatoms. The van der Waals surface area contributed by atoms with Gasteiger partial charge < -0.3 is 19.5 Å². The van der Waals surface area contributed by atoms with E-state index in [1.54, 1.807) is 14.2 Å². The van der Waals surface area contributed by atoms with Crippen molar-refractivity contribution < 1.29 is 14.6 Å².